The highest BCUT2D eigenvalue weighted by Gasteiger charge is 2.30. The fourth-order valence-electron chi connectivity index (χ4n) is 2.04. The van der Waals surface area contributed by atoms with E-state index in [0.29, 0.717) is 27.7 Å². The molecular formula is C16H15ClF3N3. The predicted octanol–water partition coefficient (Wildman–Crippen LogP) is 4.80. The van der Waals surface area contributed by atoms with Gasteiger partial charge in [0.05, 0.1) is 17.0 Å². The molecule has 0 fully saturated rings. The number of hydrazone groups is 1. The van der Waals surface area contributed by atoms with Crippen LogP contribution in [0.1, 0.15) is 18.1 Å². The second kappa shape index (κ2) is 6.50. The highest BCUT2D eigenvalue weighted by Crippen LogP contribution is 2.30. The minimum Gasteiger partial charge on any atom is -0.398 e. The SMILES string of the molecule is C/C(=N\N(C)c1ccc(C(F)(F)F)cc1)c1cc(Cl)ccc1N. The lowest BCUT2D eigenvalue weighted by Gasteiger charge is -2.16. The van der Waals surface area contributed by atoms with Gasteiger partial charge in [-0.3, -0.25) is 5.01 Å². The first kappa shape index (κ1) is 17.1. The Kier molecular flexibility index (Phi) is 4.85. The summed E-state index contributed by atoms with van der Waals surface area (Å²) in [7, 11) is 1.65. The summed E-state index contributed by atoms with van der Waals surface area (Å²) in [5.41, 5.74) is 7.52. The van der Waals surface area contributed by atoms with Crippen molar-refractivity contribution in [3.63, 3.8) is 0 Å². The Morgan fingerprint density at radius 2 is 1.74 bits per heavy atom. The number of rotatable bonds is 3. The van der Waals surface area contributed by atoms with E-state index >= 15 is 0 Å². The van der Waals surface area contributed by atoms with E-state index in [4.69, 9.17) is 17.3 Å². The molecule has 0 amide bonds. The van der Waals surface area contributed by atoms with Crippen LogP contribution in [0.3, 0.4) is 0 Å². The van der Waals surface area contributed by atoms with E-state index in [1.54, 1.807) is 32.2 Å². The summed E-state index contributed by atoms with van der Waals surface area (Å²) in [6.07, 6.45) is -4.36. The molecule has 0 aliphatic carbocycles. The summed E-state index contributed by atoms with van der Waals surface area (Å²) < 4.78 is 37.7. The van der Waals surface area contributed by atoms with Gasteiger partial charge in [-0.1, -0.05) is 11.6 Å². The normalized spacial score (nSPS) is 12.3. The number of halogens is 4. The minimum atomic E-state index is -4.36. The van der Waals surface area contributed by atoms with Crippen molar-refractivity contribution in [3.8, 4) is 0 Å². The van der Waals surface area contributed by atoms with Crippen molar-refractivity contribution in [1.29, 1.82) is 0 Å². The molecule has 0 aliphatic heterocycles. The van der Waals surface area contributed by atoms with Gasteiger partial charge >= 0.3 is 6.18 Å². The Hall–Kier alpha value is -2.21. The summed E-state index contributed by atoms with van der Waals surface area (Å²) in [6.45, 7) is 1.75. The van der Waals surface area contributed by atoms with Crippen LogP contribution < -0.4 is 10.7 Å². The van der Waals surface area contributed by atoms with Gasteiger partial charge in [-0.25, -0.2) is 0 Å². The average molecular weight is 342 g/mol. The molecular weight excluding hydrogens is 327 g/mol. The second-order valence-electron chi connectivity index (χ2n) is 4.99. The molecule has 0 saturated heterocycles. The maximum absolute atomic E-state index is 12.6. The highest BCUT2D eigenvalue weighted by molar-refractivity contribution is 6.31. The first-order valence-electron chi connectivity index (χ1n) is 6.70. The number of hydrogen-bond donors (Lipinski definition) is 1. The fraction of sp³-hybridized carbons (Fsp3) is 0.188. The van der Waals surface area contributed by atoms with Gasteiger partial charge in [-0.2, -0.15) is 18.3 Å². The van der Waals surface area contributed by atoms with Crippen LogP contribution in [-0.4, -0.2) is 12.8 Å². The predicted molar refractivity (Wildman–Crippen MR) is 87.9 cm³/mol. The monoisotopic (exact) mass is 341 g/mol. The summed E-state index contributed by atoms with van der Waals surface area (Å²) in [6, 6.07) is 9.80. The zero-order valence-electron chi connectivity index (χ0n) is 12.5. The number of nitrogens with two attached hydrogens (primary N) is 1. The van der Waals surface area contributed by atoms with Crippen molar-refractivity contribution >= 4 is 28.7 Å². The number of nitrogens with zero attached hydrogens (tertiary/aromatic N) is 2. The largest absolute Gasteiger partial charge is 0.416 e. The molecule has 3 nitrogen and oxygen atoms in total. The third kappa shape index (κ3) is 4.16. The molecule has 2 aromatic carbocycles. The molecule has 0 aromatic heterocycles. The average Bonchev–Trinajstić information content (AvgIpc) is 2.48. The van der Waals surface area contributed by atoms with Crippen molar-refractivity contribution in [1.82, 2.24) is 0 Å². The smallest absolute Gasteiger partial charge is 0.398 e. The van der Waals surface area contributed by atoms with E-state index in [1.165, 1.54) is 17.1 Å². The molecule has 0 radical (unpaired) electrons. The number of benzene rings is 2. The first-order valence-corrected chi connectivity index (χ1v) is 7.08. The van der Waals surface area contributed by atoms with Crippen LogP contribution in [0.25, 0.3) is 0 Å². The molecule has 122 valence electrons. The molecule has 0 atom stereocenters. The summed E-state index contributed by atoms with van der Waals surface area (Å²) >= 11 is 5.94. The van der Waals surface area contributed by atoms with E-state index in [1.807, 2.05) is 0 Å². The molecule has 2 aromatic rings. The zero-order valence-corrected chi connectivity index (χ0v) is 13.3. The van der Waals surface area contributed by atoms with Crippen molar-refractivity contribution in [2.24, 2.45) is 5.10 Å². The fourth-order valence-corrected chi connectivity index (χ4v) is 2.22. The zero-order chi connectivity index (χ0) is 17.2. The van der Waals surface area contributed by atoms with Gasteiger partial charge in [0.15, 0.2) is 0 Å². The lowest BCUT2D eigenvalue weighted by molar-refractivity contribution is -0.137. The van der Waals surface area contributed by atoms with Gasteiger partial charge in [0.1, 0.15) is 0 Å². The second-order valence-corrected chi connectivity index (χ2v) is 5.42. The molecule has 2 N–H and O–H groups in total. The molecule has 23 heavy (non-hydrogen) atoms. The number of nitrogen functional groups attached to an aromatic ring is 1. The number of anilines is 2. The Labute approximate surface area is 137 Å². The standard InChI is InChI=1S/C16H15ClF3N3/c1-10(14-9-12(17)5-8-15(14)21)22-23(2)13-6-3-11(4-7-13)16(18,19)20/h3-9H,21H2,1-2H3/b22-10+. The molecule has 7 heteroatoms. The molecule has 0 unspecified atom stereocenters. The van der Waals surface area contributed by atoms with E-state index in [2.05, 4.69) is 5.10 Å². The Morgan fingerprint density at radius 3 is 2.30 bits per heavy atom. The van der Waals surface area contributed by atoms with Crippen LogP contribution in [0, 0.1) is 0 Å². The Morgan fingerprint density at radius 1 is 1.13 bits per heavy atom. The lowest BCUT2D eigenvalue weighted by Crippen LogP contribution is -2.14. The summed E-state index contributed by atoms with van der Waals surface area (Å²) in [5, 5.41) is 6.35. The Balaban J connectivity index is 2.26. The molecule has 0 aliphatic rings. The third-order valence-electron chi connectivity index (χ3n) is 3.27. The van der Waals surface area contributed by atoms with Crippen LogP contribution in [0.4, 0.5) is 24.5 Å². The first-order chi connectivity index (χ1) is 10.7. The molecule has 0 spiro atoms. The molecule has 2 rings (SSSR count). The van der Waals surface area contributed by atoms with Crippen molar-refractivity contribution in [3.05, 3.63) is 58.6 Å². The maximum atomic E-state index is 12.6. The molecule has 0 bridgehead atoms. The third-order valence-corrected chi connectivity index (χ3v) is 3.51. The van der Waals surface area contributed by atoms with Gasteiger partial charge in [-0.05, 0) is 49.4 Å². The molecule has 0 heterocycles. The number of alkyl halides is 3. The van der Waals surface area contributed by atoms with Gasteiger partial charge in [0, 0.05) is 23.3 Å². The van der Waals surface area contributed by atoms with Crippen LogP contribution in [-0.2, 0) is 6.18 Å². The van der Waals surface area contributed by atoms with Crippen LogP contribution in [0.2, 0.25) is 5.02 Å². The lowest BCUT2D eigenvalue weighted by atomic mass is 10.1. The minimum absolute atomic E-state index is 0.525. The highest BCUT2D eigenvalue weighted by atomic mass is 35.5. The van der Waals surface area contributed by atoms with Gasteiger partial charge in [0.25, 0.3) is 0 Å². The van der Waals surface area contributed by atoms with Crippen LogP contribution in [0.15, 0.2) is 47.6 Å². The van der Waals surface area contributed by atoms with Crippen LogP contribution in [0.5, 0.6) is 0 Å². The van der Waals surface area contributed by atoms with Gasteiger partial charge in [-0.15, -0.1) is 0 Å². The van der Waals surface area contributed by atoms with Crippen molar-refractivity contribution in [2.45, 2.75) is 13.1 Å². The van der Waals surface area contributed by atoms with Gasteiger partial charge < -0.3 is 5.73 Å². The molecule has 0 saturated carbocycles. The Bertz CT molecular complexity index is 724. The quantitative estimate of drug-likeness (QED) is 0.495. The van der Waals surface area contributed by atoms with E-state index in [9.17, 15) is 13.2 Å². The summed E-state index contributed by atoms with van der Waals surface area (Å²) in [5.74, 6) is 0. The maximum Gasteiger partial charge on any atom is 0.416 e. The number of hydrogen-bond acceptors (Lipinski definition) is 3. The van der Waals surface area contributed by atoms with E-state index < -0.39 is 11.7 Å². The van der Waals surface area contributed by atoms with E-state index in [0.717, 1.165) is 12.1 Å². The summed E-state index contributed by atoms with van der Waals surface area (Å²) in [4.78, 5) is 0. The van der Waals surface area contributed by atoms with Crippen molar-refractivity contribution < 1.29 is 13.2 Å². The van der Waals surface area contributed by atoms with E-state index in [-0.39, 0.29) is 0 Å². The van der Waals surface area contributed by atoms with Crippen LogP contribution >= 0.6 is 11.6 Å². The topological polar surface area (TPSA) is 41.6 Å². The van der Waals surface area contributed by atoms with Crippen molar-refractivity contribution in [2.75, 3.05) is 17.8 Å². The van der Waals surface area contributed by atoms with Gasteiger partial charge in [0.2, 0.25) is 0 Å².